The Bertz CT molecular complexity index is 388. The fourth-order valence-corrected chi connectivity index (χ4v) is 1.50. The molecule has 0 spiro atoms. The molecule has 2 rings (SSSR count). The van der Waals surface area contributed by atoms with E-state index in [-0.39, 0.29) is 10.6 Å². The molecule has 0 unspecified atom stereocenters. The van der Waals surface area contributed by atoms with Crippen LogP contribution in [0.3, 0.4) is 0 Å². The van der Waals surface area contributed by atoms with Crippen molar-refractivity contribution in [2.24, 2.45) is 0 Å². The maximum absolute atomic E-state index is 10.7. The average Bonchev–Trinajstić information content (AvgIpc) is 3.01. The minimum atomic E-state index is -0.367. The van der Waals surface area contributed by atoms with Crippen LogP contribution in [0.25, 0.3) is 0 Å². The van der Waals surface area contributed by atoms with Crippen molar-refractivity contribution in [3.63, 3.8) is 0 Å². The topological polar surface area (TPSA) is 68.1 Å². The number of rotatable bonds is 4. The second-order valence-corrected chi connectivity index (χ2v) is 3.70. The number of nitrogens with zero attached hydrogens (tertiary/aromatic N) is 2. The molecular weight excluding hydrogens is 194 g/mol. The standard InChI is InChI=1S/C10H13N3O2/c1-2-11-10-6-8(13(14)15)5-9(12-10)7-3-4-7/h5-7H,2-4H2,1H3,(H,11,12). The predicted octanol–water partition coefficient (Wildman–Crippen LogP) is 2.30. The molecule has 0 saturated heterocycles. The van der Waals surface area contributed by atoms with Gasteiger partial charge in [0.1, 0.15) is 5.82 Å². The van der Waals surface area contributed by atoms with Gasteiger partial charge < -0.3 is 5.32 Å². The third kappa shape index (κ3) is 2.23. The molecule has 1 fully saturated rings. The molecule has 0 aliphatic heterocycles. The van der Waals surface area contributed by atoms with Crippen molar-refractivity contribution >= 4 is 11.5 Å². The van der Waals surface area contributed by atoms with E-state index in [0.29, 0.717) is 11.7 Å². The first-order valence-electron chi connectivity index (χ1n) is 5.11. The van der Waals surface area contributed by atoms with E-state index in [0.717, 1.165) is 25.1 Å². The second kappa shape index (κ2) is 3.84. The number of hydrogen-bond acceptors (Lipinski definition) is 4. The highest BCUT2D eigenvalue weighted by Gasteiger charge is 2.27. The van der Waals surface area contributed by atoms with Crippen molar-refractivity contribution < 1.29 is 4.92 Å². The Balaban J connectivity index is 2.34. The zero-order valence-electron chi connectivity index (χ0n) is 8.56. The minimum Gasteiger partial charge on any atom is -0.370 e. The van der Waals surface area contributed by atoms with E-state index in [9.17, 15) is 10.1 Å². The van der Waals surface area contributed by atoms with Crippen molar-refractivity contribution in [3.8, 4) is 0 Å². The predicted molar refractivity (Wildman–Crippen MR) is 57.0 cm³/mol. The Hall–Kier alpha value is -1.65. The molecule has 0 bridgehead atoms. The smallest absolute Gasteiger partial charge is 0.274 e. The van der Waals surface area contributed by atoms with Crippen LogP contribution < -0.4 is 5.32 Å². The Morgan fingerprint density at radius 3 is 2.87 bits per heavy atom. The van der Waals surface area contributed by atoms with Crippen molar-refractivity contribution in [3.05, 3.63) is 27.9 Å². The van der Waals surface area contributed by atoms with Crippen LogP contribution in [0.2, 0.25) is 0 Å². The lowest BCUT2D eigenvalue weighted by Crippen LogP contribution is -2.02. The molecule has 1 aromatic heterocycles. The Morgan fingerprint density at radius 2 is 2.33 bits per heavy atom. The maximum Gasteiger partial charge on any atom is 0.274 e. The molecule has 0 radical (unpaired) electrons. The molecule has 1 N–H and O–H groups in total. The number of nitro groups is 1. The molecule has 1 aromatic rings. The Labute approximate surface area is 87.7 Å². The van der Waals surface area contributed by atoms with Crippen molar-refractivity contribution in [1.82, 2.24) is 4.98 Å². The molecule has 1 aliphatic carbocycles. The summed E-state index contributed by atoms with van der Waals surface area (Å²) in [7, 11) is 0. The van der Waals surface area contributed by atoms with Gasteiger partial charge in [0.2, 0.25) is 0 Å². The van der Waals surface area contributed by atoms with Gasteiger partial charge in [-0.05, 0) is 19.8 Å². The van der Waals surface area contributed by atoms with Crippen LogP contribution >= 0.6 is 0 Å². The summed E-state index contributed by atoms with van der Waals surface area (Å²) in [5, 5.41) is 13.7. The fourth-order valence-electron chi connectivity index (χ4n) is 1.50. The number of aromatic nitrogens is 1. The summed E-state index contributed by atoms with van der Waals surface area (Å²) in [6.07, 6.45) is 2.19. The van der Waals surface area contributed by atoms with Gasteiger partial charge in [0.05, 0.1) is 16.7 Å². The molecule has 5 nitrogen and oxygen atoms in total. The van der Waals surface area contributed by atoms with E-state index in [1.165, 1.54) is 6.07 Å². The third-order valence-electron chi connectivity index (χ3n) is 2.39. The third-order valence-corrected chi connectivity index (χ3v) is 2.39. The molecule has 1 aliphatic rings. The van der Waals surface area contributed by atoms with Crippen LogP contribution in [-0.2, 0) is 0 Å². The van der Waals surface area contributed by atoms with Crippen LogP contribution in [0.4, 0.5) is 11.5 Å². The molecule has 80 valence electrons. The van der Waals surface area contributed by atoms with E-state index in [4.69, 9.17) is 0 Å². The van der Waals surface area contributed by atoms with E-state index in [2.05, 4.69) is 10.3 Å². The summed E-state index contributed by atoms with van der Waals surface area (Å²) >= 11 is 0. The van der Waals surface area contributed by atoms with Crippen molar-refractivity contribution in [2.45, 2.75) is 25.7 Å². The van der Waals surface area contributed by atoms with Crippen LogP contribution in [0.1, 0.15) is 31.4 Å². The van der Waals surface area contributed by atoms with E-state index >= 15 is 0 Å². The molecule has 0 atom stereocenters. The quantitative estimate of drug-likeness (QED) is 0.607. The van der Waals surface area contributed by atoms with E-state index in [1.807, 2.05) is 6.92 Å². The van der Waals surface area contributed by atoms with Crippen molar-refractivity contribution in [1.29, 1.82) is 0 Å². The first kappa shape index (κ1) is 9.89. The Morgan fingerprint density at radius 1 is 1.60 bits per heavy atom. The Kier molecular flexibility index (Phi) is 2.53. The molecule has 1 saturated carbocycles. The van der Waals surface area contributed by atoms with E-state index < -0.39 is 0 Å². The highest BCUT2D eigenvalue weighted by Crippen LogP contribution is 2.40. The SMILES string of the molecule is CCNc1cc([N+](=O)[O-])cc(C2CC2)n1. The number of anilines is 1. The van der Waals surface area contributed by atoms with Gasteiger partial charge in [-0.1, -0.05) is 0 Å². The fraction of sp³-hybridized carbons (Fsp3) is 0.500. The van der Waals surface area contributed by atoms with Crippen LogP contribution in [0, 0.1) is 10.1 Å². The average molecular weight is 207 g/mol. The van der Waals surface area contributed by atoms with Gasteiger partial charge in [0.25, 0.3) is 5.69 Å². The molecular formula is C10H13N3O2. The van der Waals surface area contributed by atoms with Crippen LogP contribution in [-0.4, -0.2) is 16.5 Å². The van der Waals surface area contributed by atoms with Gasteiger partial charge in [-0.3, -0.25) is 10.1 Å². The number of hydrogen-bond donors (Lipinski definition) is 1. The second-order valence-electron chi connectivity index (χ2n) is 3.70. The lowest BCUT2D eigenvalue weighted by molar-refractivity contribution is -0.384. The minimum absolute atomic E-state index is 0.128. The van der Waals surface area contributed by atoms with Crippen LogP contribution in [0.5, 0.6) is 0 Å². The normalized spacial score (nSPS) is 15.0. The lowest BCUT2D eigenvalue weighted by Gasteiger charge is -2.04. The van der Waals surface area contributed by atoms with Gasteiger partial charge in [-0.2, -0.15) is 0 Å². The molecule has 0 aromatic carbocycles. The summed E-state index contributed by atoms with van der Waals surface area (Å²) in [5.74, 6) is 1.04. The van der Waals surface area contributed by atoms with Gasteiger partial charge in [0.15, 0.2) is 0 Å². The lowest BCUT2D eigenvalue weighted by atomic mass is 10.2. The van der Waals surface area contributed by atoms with Gasteiger partial charge in [0, 0.05) is 18.5 Å². The van der Waals surface area contributed by atoms with Crippen molar-refractivity contribution in [2.75, 3.05) is 11.9 Å². The summed E-state index contributed by atoms with van der Waals surface area (Å²) in [6, 6.07) is 3.06. The summed E-state index contributed by atoms with van der Waals surface area (Å²) in [6.45, 7) is 2.66. The molecule has 15 heavy (non-hydrogen) atoms. The maximum atomic E-state index is 10.7. The first-order chi connectivity index (χ1) is 7.20. The monoisotopic (exact) mass is 207 g/mol. The zero-order valence-corrected chi connectivity index (χ0v) is 8.56. The highest BCUT2D eigenvalue weighted by atomic mass is 16.6. The van der Waals surface area contributed by atoms with E-state index in [1.54, 1.807) is 6.07 Å². The first-order valence-corrected chi connectivity index (χ1v) is 5.11. The zero-order chi connectivity index (χ0) is 10.8. The van der Waals surface area contributed by atoms with Gasteiger partial charge >= 0.3 is 0 Å². The summed E-state index contributed by atoms with van der Waals surface area (Å²) in [4.78, 5) is 14.7. The van der Waals surface area contributed by atoms with Crippen LogP contribution in [0.15, 0.2) is 12.1 Å². The number of pyridine rings is 1. The largest absolute Gasteiger partial charge is 0.370 e. The number of nitrogens with one attached hydrogen (secondary N) is 1. The van der Waals surface area contributed by atoms with Gasteiger partial charge in [-0.15, -0.1) is 0 Å². The molecule has 5 heteroatoms. The summed E-state index contributed by atoms with van der Waals surface area (Å²) < 4.78 is 0. The van der Waals surface area contributed by atoms with Gasteiger partial charge in [-0.25, -0.2) is 4.98 Å². The highest BCUT2D eigenvalue weighted by molar-refractivity contribution is 5.47. The molecule has 0 amide bonds. The molecule has 1 heterocycles. The summed E-state index contributed by atoms with van der Waals surface area (Å²) in [5.41, 5.74) is 0.975.